The molecule has 2 aromatic rings. The maximum atomic E-state index is 13.3. The van der Waals surface area contributed by atoms with E-state index in [9.17, 15) is 9.59 Å². The van der Waals surface area contributed by atoms with E-state index in [1.165, 1.54) is 17.8 Å². The fraction of sp³-hybridized carbons (Fsp3) is 0.565. The summed E-state index contributed by atoms with van der Waals surface area (Å²) in [6.45, 7) is 5.16. The van der Waals surface area contributed by atoms with Gasteiger partial charge in [0, 0.05) is 31.5 Å². The normalized spacial score (nSPS) is 20.7. The fourth-order valence-corrected chi connectivity index (χ4v) is 5.41. The molecule has 1 aliphatic carbocycles. The van der Waals surface area contributed by atoms with E-state index in [1.54, 1.807) is 17.3 Å². The van der Waals surface area contributed by atoms with Crippen LogP contribution in [0.1, 0.15) is 58.0 Å². The average Bonchev–Trinajstić information content (AvgIpc) is 3.03. The molecule has 7 nitrogen and oxygen atoms in total. The number of pyridine rings is 1. The van der Waals surface area contributed by atoms with Crippen molar-refractivity contribution in [1.29, 1.82) is 0 Å². The van der Waals surface area contributed by atoms with E-state index in [1.807, 2.05) is 30.9 Å². The van der Waals surface area contributed by atoms with Crippen molar-refractivity contribution in [2.45, 2.75) is 64.7 Å². The van der Waals surface area contributed by atoms with Crippen LogP contribution in [0.4, 0.5) is 0 Å². The first-order valence-electron chi connectivity index (χ1n) is 11.0. The van der Waals surface area contributed by atoms with Gasteiger partial charge in [0.05, 0.1) is 23.4 Å². The van der Waals surface area contributed by atoms with Gasteiger partial charge in [-0.05, 0) is 38.3 Å². The Bertz CT molecular complexity index is 911. The Morgan fingerprint density at radius 1 is 1.23 bits per heavy atom. The van der Waals surface area contributed by atoms with E-state index in [0.29, 0.717) is 24.6 Å². The minimum Gasteiger partial charge on any atom is -0.370 e. The summed E-state index contributed by atoms with van der Waals surface area (Å²) in [5.41, 5.74) is 1.70. The average molecular weight is 443 g/mol. The van der Waals surface area contributed by atoms with Gasteiger partial charge in [0.25, 0.3) is 5.91 Å². The second kappa shape index (κ2) is 9.87. The molecule has 2 aliphatic rings. The third-order valence-electron chi connectivity index (χ3n) is 6.08. The maximum absolute atomic E-state index is 13.3. The number of carbonyl (C=O) groups excluding carboxylic acids is 2. The second-order valence-electron chi connectivity index (χ2n) is 8.47. The predicted octanol–water partition coefficient (Wildman–Crippen LogP) is 3.36. The molecule has 166 valence electrons. The number of hydrogen-bond donors (Lipinski definition) is 0. The Balaban J connectivity index is 1.54. The Kier molecular flexibility index (Phi) is 6.97. The topological polar surface area (TPSA) is 75.6 Å². The van der Waals surface area contributed by atoms with Crippen LogP contribution in [-0.4, -0.2) is 63.4 Å². The van der Waals surface area contributed by atoms with E-state index < -0.39 is 0 Å². The SMILES string of the molecule is Cc1nc(C)c(C(=O)N2CC(=O)N(C3CCCCC3)CC(OCc3cccnc3)C2)s1. The summed E-state index contributed by atoms with van der Waals surface area (Å²) in [7, 11) is 0. The number of rotatable bonds is 5. The molecule has 2 amide bonds. The largest absolute Gasteiger partial charge is 0.370 e. The van der Waals surface area contributed by atoms with Crippen LogP contribution in [0.2, 0.25) is 0 Å². The van der Waals surface area contributed by atoms with Gasteiger partial charge in [0.2, 0.25) is 5.91 Å². The van der Waals surface area contributed by atoms with Crippen molar-refractivity contribution < 1.29 is 14.3 Å². The van der Waals surface area contributed by atoms with Gasteiger partial charge in [-0.25, -0.2) is 4.98 Å². The number of thiazole rings is 1. The summed E-state index contributed by atoms with van der Waals surface area (Å²) < 4.78 is 6.23. The molecule has 0 bridgehead atoms. The lowest BCUT2D eigenvalue weighted by Gasteiger charge is -2.34. The molecule has 4 rings (SSSR count). The molecule has 1 unspecified atom stereocenters. The molecule has 2 fully saturated rings. The zero-order valence-electron chi connectivity index (χ0n) is 18.2. The monoisotopic (exact) mass is 442 g/mol. The Morgan fingerprint density at radius 2 is 2.03 bits per heavy atom. The van der Waals surface area contributed by atoms with Gasteiger partial charge >= 0.3 is 0 Å². The maximum Gasteiger partial charge on any atom is 0.266 e. The smallest absolute Gasteiger partial charge is 0.266 e. The number of carbonyl (C=O) groups is 2. The Hall–Kier alpha value is -2.32. The van der Waals surface area contributed by atoms with E-state index >= 15 is 0 Å². The van der Waals surface area contributed by atoms with Crippen molar-refractivity contribution in [3.05, 3.63) is 45.7 Å². The minimum atomic E-state index is -0.244. The minimum absolute atomic E-state index is 0.0200. The molecular weight excluding hydrogens is 412 g/mol. The molecule has 0 aromatic carbocycles. The highest BCUT2D eigenvalue weighted by atomic mass is 32.1. The number of aryl methyl sites for hydroxylation is 2. The van der Waals surface area contributed by atoms with Crippen molar-refractivity contribution in [2.24, 2.45) is 0 Å². The standard InChI is InChI=1S/C23H30N4O3S/c1-16-22(31-17(2)25-16)23(29)26-12-20(30-15-18-7-6-10-24-11-18)13-27(21(28)14-26)19-8-4-3-5-9-19/h6-7,10-11,19-20H,3-5,8-9,12-15H2,1-2H3. The number of amides is 2. The lowest BCUT2D eigenvalue weighted by atomic mass is 9.94. The van der Waals surface area contributed by atoms with E-state index in [4.69, 9.17) is 4.74 Å². The van der Waals surface area contributed by atoms with Crippen LogP contribution < -0.4 is 0 Å². The number of hydrogen-bond acceptors (Lipinski definition) is 6. The first kappa shape index (κ1) is 21.9. The van der Waals surface area contributed by atoms with Crippen LogP contribution in [0.15, 0.2) is 24.5 Å². The molecule has 31 heavy (non-hydrogen) atoms. The van der Waals surface area contributed by atoms with Gasteiger partial charge in [-0.3, -0.25) is 14.6 Å². The molecule has 1 aliphatic heterocycles. The molecule has 0 radical (unpaired) electrons. The third-order valence-corrected chi connectivity index (χ3v) is 7.14. The summed E-state index contributed by atoms with van der Waals surface area (Å²) in [5, 5.41) is 0.857. The van der Waals surface area contributed by atoms with Crippen LogP contribution in [0.3, 0.4) is 0 Å². The highest BCUT2D eigenvalue weighted by molar-refractivity contribution is 7.13. The van der Waals surface area contributed by atoms with Gasteiger partial charge in [-0.15, -0.1) is 11.3 Å². The second-order valence-corrected chi connectivity index (χ2v) is 9.67. The lowest BCUT2D eigenvalue weighted by molar-refractivity contribution is -0.134. The summed E-state index contributed by atoms with van der Waals surface area (Å²) in [5.74, 6) is -0.108. The number of aromatic nitrogens is 2. The quantitative estimate of drug-likeness (QED) is 0.710. The first-order chi connectivity index (χ1) is 15.0. The van der Waals surface area contributed by atoms with E-state index in [2.05, 4.69) is 9.97 Å². The zero-order chi connectivity index (χ0) is 21.8. The molecule has 1 atom stereocenters. The summed E-state index contributed by atoms with van der Waals surface area (Å²) in [4.78, 5) is 39.3. The lowest BCUT2D eigenvalue weighted by Crippen LogP contribution is -2.46. The number of ether oxygens (including phenoxy) is 1. The van der Waals surface area contributed by atoms with Crippen molar-refractivity contribution in [3.8, 4) is 0 Å². The van der Waals surface area contributed by atoms with Gasteiger partial charge in [-0.2, -0.15) is 0 Å². The Morgan fingerprint density at radius 3 is 2.71 bits per heavy atom. The zero-order valence-corrected chi connectivity index (χ0v) is 19.1. The highest BCUT2D eigenvalue weighted by Crippen LogP contribution is 2.26. The summed E-state index contributed by atoms with van der Waals surface area (Å²) >= 11 is 1.39. The highest BCUT2D eigenvalue weighted by Gasteiger charge is 2.35. The molecule has 8 heteroatoms. The van der Waals surface area contributed by atoms with Crippen LogP contribution in [0.25, 0.3) is 0 Å². The van der Waals surface area contributed by atoms with Gasteiger partial charge < -0.3 is 14.5 Å². The fourth-order valence-electron chi connectivity index (χ4n) is 4.52. The molecule has 0 N–H and O–H groups in total. The molecule has 1 saturated heterocycles. The predicted molar refractivity (Wildman–Crippen MR) is 119 cm³/mol. The molecule has 0 spiro atoms. The first-order valence-corrected chi connectivity index (χ1v) is 11.9. The molecular formula is C23H30N4O3S. The van der Waals surface area contributed by atoms with Crippen molar-refractivity contribution in [2.75, 3.05) is 19.6 Å². The van der Waals surface area contributed by atoms with Crippen LogP contribution in [0, 0.1) is 13.8 Å². The third kappa shape index (κ3) is 5.30. The molecule has 3 heterocycles. The Labute approximate surface area is 187 Å². The van der Waals surface area contributed by atoms with Crippen LogP contribution in [-0.2, 0) is 16.1 Å². The van der Waals surface area contributed by atoms with Gasteiger partial charge in [0.15, 0.2) is 0 Å². The van der Waals surface area contributed by atoms with Crippen LogP contribution in [0.5, 0.6) is 0 Å². The van der Waals surface area contributed by atoms with Crippen molar-refractivity contribution in [1.82, 2.24) is 19.8 Å². The van der Waals surface area contributed by atoms with Gasteiger partial charge in [0.1, 0.15) is 11.4 Å². The number of nitrogens with zero attached hydrogens (tertiary/aromatic N) is 4. The van der Waals surface area contributed by atoms with Crippen molar-refractivity contribution in [3.63, 3.8) is 0 Å². The van der Waals surface area contributed by atoms with Crippen molar-refractivity contribution >= 4 is 23.2 Å². The van der Waals surface area contributed by atoms with Gasteiger partial charge in [-0.1, -0.05) is 25.3 Å². The van der Waals surface area contributed by atoms with E-state index in [-0.39, 0.29) is 30.5 Å². The van der Waals surface area contributed by atoms with Crippen LogP contribution >= 0.6 is 11.3 Å². The molecule has 2 aromatic heterocycles. The molecule has 1 saturated carbocycles. The van der Waals surface area contributed by atoms with E-state index in [0.717, 1.165) is 41.9 Å². The summed E-state index contributed by atoms with van der Waals surface area (Å²) in [6, 6.07) is 4.10. The summed E-state index contributed by atoms with van der Waals surface area (Å²) in [6.07, 6.45) is 8.87.